The van der Waals surface area contributed by atoms with Gasteiger partial charge < -0.3 is 0 Å². The summed E-state index contributed by atoms with van der Waals surface area (Å²) in [6, 6.07) is 0. The molecule has 0 radical (unpaired) electrons. The highest BCUT2D eigenvalue weighted by Crippen LogP contribution is 2.19. The van der Waals surface area contributed by atoms with Crippen LogP contribution in [0, 0.1) is 13.8 Å². The van der Waals surface area contributed by atoms with Gasteiger partial charge in [0, 0.05) is 11.9 Å². The molecule has 62 valence electrons. The molecule has 2 aromatic rings. The van der Waals surface area contributed by atoms with Crippen molar-refractivity contribution >= 4 is 22.6 Å². The number of hydrogen-bond acceptors (Lipinski definition) is 3. The monoisotopic (exact) mass is 180 g/mol. The second-order valence-electron chi connectivity index (χ2n) is 2.69. The van der Waals surface area contributed by atoms with Crippen LogP contribution >= 0.6 is 11.3 Å². The highest BCUT2D eigenvalue weighted by Gasteiger charge is 2.07. The molecule has 0 N–H and O–H groups in total. The van der Waals surface area contributed by atoms with Crippen molar-refractivity contribution in [1.82, 2.24) is 9.38 Å². The van der Waals surface area contributed by atoms with Crippen LogP contribution in [-0.2, 0) is 0 Å². The van der Waals surface area contributed by atoms with Crippen molar-refractivity contribution in [3.8, 4) is 0 Å². The Bertz CT molecular complexity index is 441. The Morgan fingerprint density at radius 1 is 1.58 bits per heavy atom. The summed E-state index contributed by atoms with van der Waals surface area (Å²) in [5.74, 6) is 0. The van der Waals surface area contributed by atoms with Crippen molar-refractivity contribution in [2.75, 3.05) is 0 Å². The second kappa shape index (κ2) is 2.42. The number of carbonyl (C=O) groups is 1. The maximum absolute atomic E-state index is 10.4. The molecule has 2 aromatic heterocycles. The van der Waals surface area contributed by atoms with E-state index < -0.39 is 0 Å². The molecule has 0 aliphatic rings. The molecule has 0 aromatic carbocycles. The van der Waals surface area contributed by atoms with Crippen molar-refractivity contribution < 1.29 is 4.79 Å². The molecular weight excluding hydrogens is 172 g/mol. The third-order valence-electron chi connectivity index (χ3n) is 1.94. The quantitative estimate of drug-likeness (QED) is 0.627. The number of rotatable bonds is 1. The standard InChI is InChI=1S/C8H8N2OS/c1-5-6(2)10-3-7(4-11)12-8(10)9-5/h3-4H,1-2H3. The van der Waals surface area contributed by atoms with Crippen molar-refractivity contribution in [2.45, 2.75) is 13.8 Å². The van der Waals surface area contributed by atoms with Crippen LogP contribution in [-0.4, -0.2) is 15.7 Å². The van der Waals surface area contributed by atoms with Crippen LogP contribution in [0.1, 0.15) is 21.1 Å². The molecule has 2 rings (SSSR count). The Kier molecular flexibility index (Phi) is 1.51. The van der Waals surface area contributed by atoms with Gasteiger partial charge >= 0.3 is 0 Å². The summed E-state index contributed by atoms with van der Waals surface area (Å²) >= 11 is 1.42. The fourth-order valence-electron chi connectivity index (χ4n) is 1.13. The van der Waals surface area contributed by atoms with E-state index in [1.165, 1.54) is 11.3 Å². The maximum atomic E-state index is 10.4. The summed E-state index contributed by atoms with van der Waals surface area (Å²) in [5, 5.41) is 0. The molecule has 0 amide bonds. The first-order valence-corrected chi connectivity index (χ1v) is 4.44. The minimum atomic E-state index is 0.723. The first kappa shape index (κ1) is 7.49. The minimum Gasteiger partial charge on any atom is -0.297 e. The summed E-state index contributed by atoms with van der Waals surface area (Å²) in [6.07, 6.45) is 2.68. The van der Waals surface area contributed by atoms with E-state index in [0.29, 0.717) is 0 Å². The molecule has 0 unspecified atom stereocenters. The first-order valence-electron chi connectivity index (χ1n) is 3.62. The van der Waals surface area contributed by atoms with Gasteiger partial charge in [-0.3, -0.25) is 9.20 Å². The third kappa shape index (κ3) is 0.881. The molecule has 0 fully saturated rings. The predicted octanol–water partition coefficient (Wildman–Crippen LogP) is 1.83. The van der Waals surface area contributed by atoms with Gasteiger partial charge in [-0.15, -0.1) is 0 Å². The fourth-order valence-corrected chi connectivity index (χ4v) is 2.02. The van der Waals surface area contributed by atoms with Crippen LogP contribution in [0.15, 0.2) is 6.20 Å². The number of nitrogens with zero attached hydrogens (tertiary/aromatic N) is 2. The topological polar surface area (TPSA) is 34.4 Å². The number of aromatic nitrogens is 2. The zero-order valence-electron chi connectivity index (χ0n) is 6.87. The number of hydrogen-bond donors (Lipinski definition) is 0. The summed E-state index contributed by atoms with van der Waals surface area (Å²) in [4.78, 5) is 16.4. The SMILES string of the molecule is Cc1nc2sc(C=O)cn2c1C. The minimum absolute atomic E-state index is 0.723. The van der Waals surface area contributed by atoms with Crippen molar-refractivity contribution in [3.05, 3.63) is 22.5 Å². The molecule has 3 nitrogen and oxygen atoms in total. The van der Waals surface area contributed by atoms with Gasteiger partial charge in [0.15, 0.2) is 11.2 Å². The van der Waals surface area contributed by atoms with Crippen LogP contribution in [0.2, 0.25) is 0 Å². The molecule has 0 saturated heterocycles. The molecule has 2 heterocycles. The number of aryl methyl sites for hydroxylation is 2. The van der Waals surface area contributed by atoms with Crippen LogP contribution in [0.25, 0.3) is 4.96 Å². The van der Waals surface area contributed by atoms with E-state index in [1.807, 2.05) is 24.4 Å². The van der Waals surface area contributed by atoms with Crippen molar-refractivity contribution in [3.63, 3.8) is 0 Å². The van der Waals surface area contributed by atoms with Crippen molar-refractivity contribution in [1.29, 1.82) is 0 Å². The number of thiazole rings is 1. The summed E-state index contributed by atoms with van der Waals surface area (Å²) in [6.45, 7) is 3.96. The maximum Gasteiger partial charge on any atom is 0.194 e. The molecule has 0 spiro atoms. The Balaban J connectivity index is 2.79. The zero-order chi connectivity index (χ0) is 8.72. The third-order valence-corrected chi connectivity index (χ3v) is 2.84. The average Bonchev–Trinajstić information content (AvgIpc) is 2.55. The summed E-state index contributed by atoms with van der Waals surface area (Å²) in [7, 11) is 0. The zero-order valence-corrected chi connectivity index (χ0v) is 7.68. The van der Waals surface area contributed by atoms with E-state index in [9.17, 15) is 4.79 Å². The van der Waals surface area contributed by atoms with Gasteiger partial charge in [0.2, 0.25) is 0 Å². The number of aldehydes is 1. The normalized spacial score (nSPS) is 10.8. The highest BCUT2D eigenvalue weighted by atomic mass is 32.1. The molecule has 12 heavy (non-hydrogen) atoms. The molecule has 4 heteroatoms. The lowest BCUT2D eigenvalue weighted by molar-refractivity contribution is 0.112. The Morgan fingerprint density at radius 3 is 2.92 bits per heavy atom. The van der Waals surface area contributed by atoms with E-state index in [4.69, 9.17) is 0 Å². The molecule has 0 saturated carbocycles. The second-order valence-corrected chi connectivity index (χ2v) is 3.73. The Labute approximate surface area is 73.7 Å². The lowest BCUT2D eigenvalue weighted by Gasteiger charge is -1.87. The van der Waals surface area contributed by atoms with Gasteiger partial charge in [0.05, 0.1) is 10.6 Å². The Morgan fingerprint density at radius 2 is 2.33 bits per heavy atom. The van der Waals surface area contributed by atoms with Gasteiger partial charge in [-0.25, -0.2) is 4.98 Å². The van der Waals surface area contributed by atoms with Crippen LogP contribution < -0.4 is 0 Å². The van der Waals surface area contributed by atoms with Crippen LogP contribution in [0.3, 0.4) is 0 Å². The van der Waals surface area contributed by atoms with Gasteiger partial charge in [0.25, 0.3) is 0 Å². The van der Waals surface area contributed by atoms with Crippen LogP contribution in [0.5, 0.6) is 0 Å². The number of fused-ring (bicyclic) bond motifs is 1. The molecule has 0 aliphatic heterocycles. The lowest BCUT2D eigenvalue weighted by atomic mass is 10.4. The van der Waals surface area contributed by atoms with Gasteiger partial charge in [-0.1, -0.05) is 11.3 Å². The number of carbonyl (C=O) groups excluding carboxylic acids is 1. The highest BCUT2D eigenvalue weighted by molar-refractivity contribution is 7.18. The first-order chi connectivity index (χ1) is 5.72. The van der Waals surface area contributed by atoms with Gasteiger partial charge in [0.1, 0.15) is 0 Å². The molecule has 0 atom stereocenters. The number of imidazole rings is 1. The smallest absolute Gasteiger partial charge is 0.194 e. The van der Waals surface area contributed by atoms with Gasteiger partial charge in [-0.05, 0) is 13.8 Å². The van der Waals surface area contributed by atoms with E-state index in [2.05, 4.69) is 4.98 Å². The summed E-state index contributed by atoms with van der Waals surface area (Å²) < 4.78 is 1.95. The summed E-state index contributed by atoms with van der Waals surface area (Å²) in [5.41, 5.74) is 2.13. The van der Waals surface area contributed by atoms with E-state index in [1.54, 1.807) is 0 Å². The van der Waals surface area contributed by atoms with Crippen LogP contribution in [0.4, 0.5) is 0 Å². The lowest BCUT2D eigenvalue weighted by Crippen LogP contribution is -1.82. The van der Waals surface area contributed by atoms with E-state index >= 15 is 0 Å². The molecule has 0 bridgehead atoms. The molecule has 0 aliphatic carbocycles. The molecular formula is C8H8N2OS. The largest absolute Gasteiger partial charge is 0.297 e. The van der Waals surface area contributed by atoms with Gasteiger partial charge in [-0.2, -0.15) is 0 Å². The predicted molar refractivity (Wildman–Crippen MR) is 47.9 cm³/mol. The average molecular weight is 180 g/mol. The fraction of sp³-hybridized carbons (Fsp3) is 0.250. The van der Waals surface area contributed by atoms with E-state index in [-0.39, 0.29) is 0 Å². The Hall–Kier alpha value is -1.16. The van der Waals surface area contributed by atoms with Crippen molar-refractivity contribution in [2.24, 2.45) is 0 Å². The van der Waals surface area contributed by atoms with E-state index in [0.717, 1.165) is 27.5 Å².